The molecule has 0 saturated carbocycles. The lowest BCUT2D eigenvalue weighted by Crippen LogP contribution is -2.13. The Morgan fingerprint density at radius 3 is 2.84 bits per heavy atom. The third-order valence-electron chi connectivity index (χ3n) is 2.71. The molecule has 2 aromatic heterocycles. The normalized spacial score (nSPS) is 12.5. The summed E-state index contributed by atoms with van der Waals surface area (Å²) in [5.41, 5.74) is 8.96. The molecule has 6 heteroatoms. The molecule has 5 nitrogen and oxygen atoms in total. The van der Waals surface area contributed by atoms with Gasteiger partial charge >= 0.3 is 0 Å². The summed E-state index contributed by atoms with van der Waals surface area (Å²) < 4.78 is 5.22. The molecule has 0 aliphatic carbocycles. The molecule has 2 N–H and O–H groups in total. The van der Waals surface area contributed by atoms with E-state index in [0.717, 1.165) is 10.4 Å². The maximum Gasteiger partial charge on any atom is 0.244 e. The second-order valence-electron chi connectivity index (χ2n) is 4.12. The molecule has 1 aromatic carbocycles. The van der Waals surface area contributed by atoms with Gasteiger partial charge in [0.2, 0.25) is 11.7 Å². The van der Waals surface area contributed by atoms with E-state index in [2.05, 4.69) is 15.1 Å². The number of aromatic nitrogens is 3. The fraction of sp³-hybridized carbons (Fsp3) is 0.154. The van der Waals surface area contributed by atoms with Gasteiger partial charge in [-0.1, -0.05) is 35.5 Å². The Balaban J connectivity index is 1.76. The Kier molecular flexibility index (Phi) is 3.35. The van der Waals surface area contributed by atoms with Crippen molar-refractivity contribution in [1.29, 1.82) is 0 Å². The highest BCUT2D eigenvalue weighted by molar-refractivity contribution is 7.13. The van der Waals surface area contributed by atoms with Gasteiger partial charge in [-0.2, -0.15) is 4.98 Å². The van der Waals surface area contributed by atoms with Crippen LogP contribution in [0.25, 0.3) is 10.7 Å². The zero-order valence-corrected chi connectivity index (χ0v) is 10.9. The van der Waals surface area contributed by atoms with Gasteiger partial charge < -0.3 is 10.3 Å². The molecule has 0 fully saturated rings. The molecule has 0 aliphatic rings. The molecule has 1 atom stereocenters. The van der Waals surface area contributed by atoms with Gasteiger partial charge in [-0.25, -0.2) is 0 Å². The van der Waals surface area contributed by atoms with E-state index >= 15 is 0 Å². The van der Waals surface area contributed by atoms with Crippen LogP contribution in [0.4, 0.5) is 0 Å². The Labute approximate surface area is 114 Å². The van der Waals surface area contributed by atoms with Crippen LogP contribution >= 0.6 is 11.3 Å². The van der Waals surface area contributed by atoms with Gasteiger partial charge in [0, 0.05) is 6.20 Å². The lowest BCUT2D eigenvalue weighted by molar-refractivity contribution is 0.354. The third-order valence-corrected chi connectivity index (χ3v) is 3.48. The predicted molar refractivity (Wildman–Crippen MR) is 72.5 cm³/mol. The standard InChI is InChI=1S/C13H12N4OS/c14-10(6-9-4-2-1-3-5-9)13-16-12(17-18-13)11-7-15-8-19-11/h1-5,7-8,10H,6,14H2/t10-/m0/s1. The van der Waals surface area contributed by atoms with E-state index in [1.54, 1.807) is 11.7 Å². The first kappa shape index (κ1) is 12.0. The van der Waals surface area contributed by atoms with E-state index in [1.165, 1.54) is 11.3 Å². The average molecular weight is 272 g/mol. The molecule has 0 bridgehead atoms. The minimum Gasteiger partial charge on any atom is -0.337 e. The Morgan fingerprint density at radius 1 is 1.26 bits per heavy atom. The summed E-state index contributed by atoms with van der Waals surface area (Å²) in [4.78, 5) is 9.18. The van der Waals surface area contributed by atoms with E-state index in [9.17, 15) is 0 Å². The van der Waals surface area contributed by atoms with Crippen molar-refractivity contribution in [3.63, 3.8) is 0 Å². The molecule has 0 amide bonds. The van der Waals surface area contributed by atoms with Crippen molar-refractivity contribution in [1.82, 2.24) is 15.1 Å². The monoisotopic (exact) mass is 272 g/mol. The van der Waals surface area contributed by atoms with Crippen LogP contribution in [0.5, 0.6) is 0 Å². The smallest absolute Gasteiger partial charge is 0.244 e. The number of rotatable bonds is 4. The van der Waals surface area contributed by atoms with Crippen LogP contribution in [0.3, 0.4) is 0 Å². The van der Waals surface area contributed by atoms with Crippen LogP contribution in [-0.2, 0) is 6.42 Å². The summed E-state index contributed by atoms with van der Waals surface area (Å²) in [5, 5.41) is 3.93. The fourth-order valence-corrected chi connectivity index (χ4v) is 2.31. The van der Waals surface area contributed by atoms with Crippen molar-refractivity contribution in [2.45, 2.75) is 12.5 Å². The number of hydrogen-bond donors (Lipinski definition) is 1. The van der Waals surface area contributed by atoms with Gasteiger partial charge in [0.1, 0.15) is 0 Å². The van der Waals surface area contributed by atoms with Crippen molar-refractivity contribution in [2.24, 2.45) is 5.73 Å². The van der Waals surface area contributed by atoms with Crippen molar-refractivity contribution >= 4 is 11.3 Å². The lowest BCUT2D eigenvalue weighted by atomic mass is 10.1. The van der Waals surface area contributed by atoms with E-state index in [0.29, 0.717) is 18.1 Å². The van der Waals surface area contributed by atoms with Crippen LogP contribution in [-0.4, -0.2) is 15.1 Å². The van der Waals surface area contributed by atoms with Crippen molar-refractivity contribution in [2.75, 3.05) is 0 Å². The number of nitrogens with zero attached hydrogens (tertiary/aromatic N) is 3. The zero-order valence-electron chi connectivity index (χ0n) is 10.1. The van der Waals surface area contributed by atoms with Crippen LogP contribution in [0.2, 0.25) is 0 Å². The first-order valence-electron chi connectivity index (χ1n) is 5.85. The topological polar surface area (TPSA) is 77.8 Å². The SMILES string of the molecule is N[C@@H](Cc1ccccc1)c1nc(-c2cncs2)no1. The fourth-order valence-electron chi connectivity index (χ4n) is 1.77. The molecule has 3 aromatic rings. The summed E-state index contributed by atoms with van der Waals surface area (Å²) in [5.74, 6) is 0.994. The Morgan fingerprint density at radius 2 is 2.11 bits per heavy atom. The highest BCUT2D eigenvalue weighted by Crippen LogP contribution is 2.22. The number of thiazole rings is 1. The van der Waals surface area contributed by atoms with E-state index in [-0.39, 0.29) is 6.04 Å². The summed E-state index contributed by atoms with van der Waals surface area (Å²) in [6, 6.07) is 9.71. The third kappa shape index (κ3) is 2.69. The van der Waals surface area contributed by atoms with Gasteiger partial charge in [0.15, 0.2) is 0 Å². The lowest BCUT2D eigenvalue weighted by Gasteiger charge is -2.05. The van der Waals surface area contributed by atoms with Crippen LogP contribution in [0, 0.1) is 0 Å². The minimum atomic E-state index is -0.295. The molecular formula is C13H12N4OS. The average Bonchev–Trinajstić information content (AvgIpc) is 3.11. The van der Waals surface area contributed by atoms with Crippen LogP contribution in [0.1, 0.15) is 17.5 Å². The largest absolute Gasteiger partial charge is 0.337 e. The Bertz CT molecular complexity index is 636. The molecular weight excluding hydrogens is 260 g/mol. The maximum absolute atomic E-state index is 6.09. The molecule has 96 valence electrons. The molecule has 2 heterocycles. The molecule has 0 saturated heterocycles. The molecule has 0 spiro atoms. The molecule has 19 heavy (non-hydrogen) atoms. The van der Waals surface area contributed by atoms with E-state index < -0.39 is 0 Å². The Hall–Kier alpha value is -2.05. The maximum atomic E-state index is 6.09. The van der Waals surface area contributed by atoms with Crippen molar-refractivity contribution in [3.8, 4) is 10.7 Å². The quantitative estimate of drug-likeness (QED) is 0.789. The van der Waals surface area contributed by atoms with Crippen LogP contribution in [0.15, 0.2) is 46.6 Å². The van der Waals surface area contributed by atoms with Gasteiger partial charge in [-0.15, -0.1) is 11.3 Å². The van der Waals surface area contributed by atoms with Crippen molar-refractivity contribution in [3.05, 3.63) is 53.5 Å². The van der Waals surface area contributed by atoms with Gasteiger partial charge in [-0.05, 0) is 12.0 Å². The predicted octanol–water partition coefficient (Wildman–Crippen LogP) is 2.44. The molecule has 0 unspecified atom stereocenters. The highest BCUT2D eigenvalue weighted by atomic mass is 32.1. The number of hydrogen-bond acceptors (Lipinski definition) is 6. The van der Waals surface area contributed by atoms with E-state index in [1.807, 2.05) is 30.3 Å². The minimum absolute atomic E-state index is 0.295. The second-order valence-corrected chi connectivity index (χ2v) is 5.00. The first-order chi connectivity index (χ1) is 9.33. The highest BCUT2D eigenvalue weighted by Gasteiger charge is 2.16. The van der Waals surface area contributed by atoms with E-state index in [4.69, 9.17) is 10.3 Å². The molecule has 3 rings (SSSR count). The summed E-state index contributed by atoms with van der Waals surface area (Å²) in [7, 11) is 0. The molecule has 0 aliphatic heterocycles. The second kappa shape index (κ2) is 5.29. The van der Waals surface area contributed by atoms with Crippen molar-refractivity contribution < 1.29 is 4.52 Å². The van der Waals surface area contributed by atoms with Gasteiger partial charge in [0.25, 0.3) is 0 Å². The first-order valence-corrected chi connectivity index (χ1v) is 6.73. The summed E-state index contributed by atoms with van der Waals surface area (Å²) >= 11 is 1.47. The summed E-state index contributed by atoms with van der Waals surface area (Å²) in [6.07, 6.45) is 2.38. The number of benzene rings is 1. The zero-order chi connectivity index (χ0) is 13.1. The summed E-state index contributed by atoms with van der Waals surface area (Å²) in [6.45, 7) is 0. The van der Waals surface area contributed by atoms with Gasteiger partial charge in [0.05, 0.1) is 16.4 Å². The molecule has 0 radical (unpaired) electrons. The van der Waals surface area contributed by atoms with Gasteiger partial charge in [-0.3, -0.25) is 4.98 Å². The number of nitrogens with two attached hydrogens (primary N) is 1. The van der Waals surface area contributed by atoms with Crippen LogP contribution < -0.4 is 5.73 Å².